The van der Waals surface area contributed by atoms with E-state index in [0.717, 1.165) is 12.4 Å². The highest BCUT2D eigenvalue weighted by atomic mass is 16.1. The fraction of sp³-hybridized carbons (Fsp3) is 0.444. The zero-order valence-electron chi connectivity index (χ0n) is 13.6. The van der Waals surface area contributed by atoms with Crippen molar-refractivity contribution in [3.05, 3.63) is 53.6 Å². The van der Waals surface area contributed by atoms with Crippen LogP contribution < -0.4 is 0 Å². The summed E-state index contributed by atoms with van der Waals surface area (Å²) < 4.78 is 2.04. The molecule has 0 fully saturated rings. The van der Waals surface area contributed by atoms with Gasteiger partial charge in [0.05, 0.1) is 0 Å². The Labute approximate surface area is 127 Å². The molecule has 2 rings (SSSR count). The van der Waals surface area contributed by atoms with E-state index in [9.17, 15) is 4.79 Å². The van der Waals surface area contributed by atoms with Crippen molar-refractivity contribution in [2.45, 2.75) is 41.2 Å². The molecule has 0 aliphatic carbocycles. The molecule has 0 bridgehead atoms. The van der Waals surface area contributed by atoms with Gasteiger partial charge >= 0.3 is 0 Å². The zero-order chi connectivity index (χ0) is 15.6. The first-order valence-corrected chi connectivity index (χ1v) is 7.41. The lowest BCUT2D eigenvalue weighted by atomic mass is 9.79. The van der Waals surface area contributed by atoms with Crippen molar-refractivity contribution in [2.75, 3.05) is 0 Å². The lowest BCUT2D eigenvalue weighted by molar-refractivity contribution is 0.0834. The van der Waals surface area contributed by atoms with E-state index in [1.807, 2.05) is 42.8 Å². The molecule has 0 saturated carbocycles. The molecule has 0 amide bonds. The van der Waals surface area contributed by atoms with Crippen molar-refractivity contribution in [1.82, 2.24) is 9.55 Å². The maximum atomic E-state index is 12.5. The second-order valence-corrected chi connectivity index (χ2v) is 6.74. The third-order valence-electron chi connectivity index (χ3n) is 4.12. The van der Waals surface area contributed by atoms with Crippen LogP contribution in [0.2, 0.25) is 0 Å². The third kappa shape index (κ3) is 3.60. The van der Waals surface area contributed by atoms with Crippen LogP contribution in [0.1, 0.15) is 49.6 Å². The fourth-order valence-electron chi connectivity index (χ4n) is 2.18. The molecule has 2 aromatic rings. The maximum absolute atomic E-state index is 12.5. The van der Waals surface area contributed by atoms with Gasteiger partial charge in [0.15, 0.2) is 5.78 Å². The van der Waals surface area contributed by atoms with Crippen molar-refractivity contribution < 1.29 is 4.79 Å². The van der Waals surface area contributed by atoms with E-state index in [2.05, 4.69) is 37.9 Å². The number of hydrogen-bond donors (Lipinski definition) is 0. The third-order valence-corrected chi connectivity index (χ3v) is 4.12. The predicted octanol–water partition coefficient (Wildman–Crippen LogP) is 4.10. The second kappa shape index (κ2) is 5.84. The van der Waals surface area contributed by atoms with Crippen molar-refractivity contribution in [1.29, 1.82) is 0 Å². The Bertz CT molecular complexity index is 620. The first-order chi connectivity index (χ1) is 9.79. The molecule has 3 heteroatoms. The lowest BCUT2D eigenvalue weighted by Gasteiger charge is -2.25. The quantitative estimate of drug-likeness (QED) is 0.792. The van der Waals surface area contributed by atoms with Crippen molar-refractivity contribution in [3.8, 4) is 0 Å². The Morgan fingerprint density at radius 2 is 1.86 bits per heavy atom. The van der Waals surface area contributed by atoms with Crippen LogP contribution in [0, 0.1) is 18.3 Å². The number of benzene rings is 1. The molecular weight excluding hydrogens is 260 g/mol. The first-order valence-electron chi connectivity index (χ1n) is 7.41. The summed E-state index contributed by atoms with van der Waals surface area (Å²) in [4.78, 5) is 17.0. The van der Waals surface area contributed by atoms with Gasteiger partial charge in [-0.1, -0.05) is 58.0 Å². The summed E-state index contributed by atoms with van der Waals surface area (Å²) in [6.07, 6.45) is 1.88. The summed E-state index contributed by atoms with van der Waals surface area (Å²) in [6.45, 7) is 10.9. The van der Waals surface area contributed by atoms with E-state index in [1.165, 1.54) is 5.56 Å². The van der Waals surface area contributed by atoms with Crippen LogP contribution in [0.5, 0.6) is 0 Å². The van der Waals surface area contributed by atoms with Gasteiger partial charge in [-0.3, -0.25) is 4.79 Å². The standard InChI is InChI=1S/C18H24N2O/c1-13(18(3,4)5)17(21)16-12-20(14(2)19-16)11-15-9-7-6-8-10-15/h6-10,12-13H,11H2,1-5H3. The summed E-state index contributed by atoms with van der Waals surface area (Å²) >= 11 is 0. The van der Waals surface area contributed by atoms with Crippen LogP contribution in [0.4, 0.5) is 0 Å². The first kappa shape index (κ1) is 15.5. The molecule has 1 atom stereocenters. The number of rotatable bonds is 4. The van der Waals surface area contributed by atoms with Crippen LogP contribution in [0.25, 0.3) is 0 Å². The normalized spacial score (nSPS) is 13.2. The molecule has 1 unspecified atom stereocenters. The molecule has 21 heavy (non-hydrogen) atoms. The van der Waals surface area contributed by atoms with Gasteiger partial charge in [-0.15, -0.1) is 0 Å². The molecule has 0 saturated heterocycles. The summed E-state index contributed by atoms with van der Waals surface area (Å²) in [5, 5.41) is 0. The number of aromatic nitrogens is 2. The minimum absolute atomic E-state index is 0.0445. The molecule has 1 heterocycles. The van der Waals surface area contributed by atoms with Crippen LogP contribution in [0.15, 0.2) is 36.5 Å². The van der Waals surface area contributed by atoms with E-state index in [-0.39, 0.29) is 17.1 Å². The highest BCUT2D eigenvalue weighted by molar-refractivity contribution is 5.96. The number of imidazole rings is 1. The average molecular weight is 284 g/mol. The highest BCUT2D eigenvalue weighted by Gasteiger charge is 2.29. The monoisotopic (exact) mass is 284 g/mol. The SMILES string of the molecule is Cc1nc(C(=O)C(C)C(C)(C)C)cn1Cc1ccccc1. The minimum Gasteiger partial charge on any atom is -0.330 e. The number of ketones is 1. The molecule has 0 aliphatic rings. The predicted molar refractivity (Wildman–Crippen MR) is 85.5 cm³/mol. The van der Waals surface area contributed by atoms with E-state index in [4.69, 9.17) is 0 Å². The number of carbonyl (C=O) groups is 1. The molecule has 0 N–H and O–H groups in total. The number of aryl methyl sites for hydroxylation is 1. The van der Waals surface area contributed by atoms with Crippen molar-refractivity contribution in [3.63, 3.8) is 0 Å². The minimum atomic E-state index is -0.0474. The van der Waals surface area contributed by atoms with Crippen molar-refractivity contribution in [2.24, 2.45) is 11.3 Å². The van der Waals surface area contributed by atoms with Gasteiger partial charge in [-0.2, -0.15) is 0 Å². The highest BCUT2D eigenvalue weighted by Crippen LogP contribution is 2.28. The average Bonchev–Trinajstić information content (AvgIpc) is 2.78. The summed E-state index contributed by atoms with van der Waals surface area (Å²) in [5.41, 5.74) is 1.74. The van der Waals surface area contributed by atoms with Crippen LogP contribution in [-0.2, 0) is 6.54 Å². The molecule has 0 aliphatic heterocycles. The number of nitrogens with zero attached hydrogens (tertiary/aromatic N) is 2. The molecule has 0 radical (unpaired) electrons. The van der Waals surface area contributed by atoms with E-state index < -0.39 is 0 Å². The number of hydrogen-bond acceptors (Lipinski definition) is 2. The van der Waals surface area contributed by atoms with E-state index in [0.29, 0.717) is 5.69 Å². The molecule has 3 nitrogen and oxygen atoms in total. The zero-order valence-corrected chi connectivity index (χ0v) is 13.6. The summed E-state index contributed by atoms with van der Waals surface area (Å²) in [7, 11) is 0. The molecule has 1 aromatic carbocycles. The summed E-state index contributed by atoms with van der Waals surface area (Å²) in [5.74, 6) is 0.956. The van der Waals surface area contributed by atoms with Crippen LogP contribution >= 0.6 is 0 Å². The number of carbonyl (C=O) groups excluding carboxylic acids is 1. The molecule has 1 aromatic heterocycles. The number of Topliss-reactive ketones (excluding diaryl/α,β-unsaturated/α-hetero) is 1. The Balaban J connectivity index is 2.21. The van der Waals surface area contributed by atoms with Gasteiger partial charge < -0.3 is 4.57 Å². The maximum Gasteiger partial charge on any atom is 0.186 e. The molecular formula is C18H24N2O. The smallest absolute Gasteiger partial charge is 0.186 e. The van der Waals surface area contributed by atoms with Crippen LogP contribution in [0.3, 0.4) is 0 Å². The summed E-state index contributed by atoms with van der Waals surface area (Å²) in [6, 6.07) is 10.2. The Morgan fingerprint density at radius 3 is 2.43 bits per heavy atom. The molecule has 112 valence electrons. The topological polar surface area (TPSA) is 34.9 Å². The molecule has 0 spiro atoms. The van der Waals surface area contributed by atoms with E-state index >= 15 is 0 Å². The second-order valence-electron chi connectivity index (χ2n) is 6.74. The van der Waals surface area contributed by atoms with E-state index in [1.54, 1.807) is 0 Å². The van der Waals surface area contributed by atoms with Crippen LogP contribution in [-0.4, -0.2) is 15.3 Å². The Morgan fingerprint density at radius 1 is 1.24 bits per heavy atom. The Hall–Kier alpha value is -1.90. The fourth-order valence-corrected chi connectivity index (χ4v) is 2.18. The van der Waals surface area contributed by atoms with Gasteiger partial charge in [-0.25, -0.2) is 4.98 Å². The van der Waals surface area contributed by atoms with Crippen molar-refractivity contribution >= 4 is 5.78 Å². The van der Waals surface area contributed by atoms with Gasteiger partial charge in [-0.05, 0) is 17.9 Å². The van der Waals surface area contributed by atoms with Gasteiger partial charge in [0, 0.05) is 18.7 Å². The largest absolute Gasteiger partial charge is 0.330 e. The Kier molecular flexibility index (Phi) is 4.31. The van der Waals surface area contributed by atoms with Gasteiger partial charge in [0.25, 0.3) is 0 Å². The van der Waals surface area contributed by atoms with Gasteiger partial charge in [0.1, 0.15) is 11.5 Å². The lowest BCUT2D eigenvalue weighted by Crippen LogP contribution is -2.26. The van der Waals surface area contributed by atoms with Gasteiger partial charge in [0.2, 0.25) is 0 Å².